The van der Waals surface area contributed by atoms with Crippen LogP contribution < -0.4 is 0 Å². The van der Waals surface area contributed by atoms with Crippen LogP contribution in [0.4, 0.5) is 0 Å². The molecule has 0 aliphatic carbocycles. The molecule has 0 aromatic rings. The van der Waals surface area contributed by atoms with E-state index in [-0.39, 0.29) is 16.5 Å². The molecule has 7 heteroatoms. The van der Waals surface area contributed by atoms with Gasteiger partial charge in [-0.1, -0.05) is 12.8 Å². The first-order valence-corrected chi connectivity index (χ1v) is 7.79. The molecule has 0 unspecified atom stereocenters. The predicted octanol–water partition coefficient (Wildman–Crippen LogP) is 3.02. The van der Waals surface area contributed by atoms with Gasteiger partial charge in [-0.25, -0.2) is 0 Å². The summed E-state index contributed by atoms with van der Waals surface area (Å²) in [6.45, 7) is 11.1. The van der Waals surface area contributed by atoms with Crippen molar-refractivity contribution in [2.75, 3.05) is 78.5 Å². The monoisotopic (exact) mass is 338 g/mol. The van der Waals surface area contributed by atoms with Crippen LogP contribution >= 0.6 is 0 Å². The van der Waals surface area contributed by atoms with Gasteiger partial charge < -0.3 is 31.9 Å². The normalized spacial score (nSPS) is 22.9. The Morgan fingerprint density at radius 2 is 0.476 bits per heavy atom. The fraction of sp³-hybridized carbons (Fsp3) is 1.00. The van der Waals surface area contributed by atoms with Crippen LogP contribution in [-0.4, -0.2) is 78.5 Å². The van der Waals surface area contributed by atoms with Crippen molar-refractivity contribution in [2.45, 2.75) is 12.8 Å². The summed E-state index contributed by atoms with van der Waals surface area (Å²) < 4.78 is 0. The molecule has 0 aromatic carbocycles. The summed E-state index contributed by atoms with van der Waals surface area (Å²) in [5, 5.41) is 25.6. The van der Waals surface area contributed by atoms with E-state index in [9.17, 15) is 0 Å². The summed E-state index contributed by atoms with van der Waals surface area (Å²) in [6, 6.07) is 0. The molecule has 0 saturated carbocycles. The average molecular weight is 339 g/mol. The maximum Gasteiger partial charge on any atom is 2.00 e. The smallest absolute Gasteiger partial charge is 0.665 e. The Morgan fingerprint density at radius 3 is 0.714 bits per heavy atom. The van der Waals surface area contributed by atoms with Crippen molar-refractivity contribution in [1.82, 2.24) is 0 Å². The summed E-state index contributed by atoms with van der Waals surface area (Å²) in [4.78, 5) is 0. The van der Waals surface area contributed by atoms with E-state index in [0.717, 1.165) is 91.4 Å². The molecule has 2 saturated heterocycles. The Kier molecular flexibility index (Phi) is 18.5. The first-order chi connectivity index (χ1) is 10.0. The van der Waals surface area contributed by atoms with Gasteiger partial charge in [0.1, 0.15) is 0 Å². The molecule has 2 fully saturated rings. The van der Waals surface area contributed by atoms with Gasteiger partial charge in [0.15, 0.2) is 0 Å². The van der Waals surface area contributed by atoms with Crippen molar-refractivity contribution in [1.29, 1.82) is 0 Å². The number of hydrogen-bond acceptors (Lipinski definition) is 0. The maximum atomic E-state index is 4.28. The van der Waals surface area contributed by atoms with Crippen molar-refractivity contribution in [3.63, 3.8) is 0 Å². The van der Waals surface area contributed by atoms with Gasteiger partial charge in [0, 0.05) is 0 Å². The van der Waals surface area contributed by atoms with E-state index >= 15 is 0 Å². The van der Waals surface area contributed by atoms with Crippen LogP contribution in [0.5, 0.6) is 0 Å². The van der Waals surface area contributed by atoms with Crippen LogP contribution in [-0.2, 0) is 16.5 Å². The van der Waals surface area contributed by atoms with E-state index in [1.165, 1.54) is 0 Å². The number of rotatable bonds is 0. The van der Waals surface area contributed by atoms with E-state index in [2.05, 4.69) is 31.9 Å². The van der Waals surface area contributed by atoms with Crippen molar-refractivity contribution in [3.05, 3.63) is 31.9 Å². The molecule has 0 atom stereocenters. The third kappa shape index (κ3) is 16.5. The minimum atomic E-state index is 0. The van der Waals surface area contributed by atoms with Crippen LogP contribution in [0.2, 0.25) is 0 Å². The van der Waals surface area contributed by atoms with Gasteiger partial charge in [-0.15, -0.1) is 0 Å². The standard InChI is InChI=1S/2C7H14N3.Ni/c2*1-2-8-4-6-10-7-5-9-3-1;/h2*1-7H2;/q2*-3;+2. The van der Waals surface area contributed by atoms with Gasteiger partial charge in [-0.05, 0) is 0 Å². The van der Waals surface area contributed by atoms with Crippen LogP contribution in [0, 0.1) is 0 Å². The Morgan fingerprint density at radius 1 is 0.286 bits per heavy atom. The summed E-state index contributed by atoms with van der Waals surface area (Å²) in [7, 11) is 0. The fourth-order valence-electron chi connectivity index (χ4n) is 1.83. The van der Waals surface area contributed by atoms with Gasteiger partial charge in [0.25, 0.3) is 0 Å². The molecular formula is C14H28N6Ni-4. The van der Waals surface area contributed by atoms with E-state index in [1.807, 2.05) is 0 Å². The molecule has 6 nitrogen and oxygen atoms in total. The zero-order valence-corrected chi connectivity index (χ0v) is 13.9. The molecule has 0 aromatic heterocycles. The Hall–Kier alpha value is 0.254. The fourth-order valence-corrected chi connectivity index (χ4v) is 1.83. The van der Waals surface area contributed by atoms with Gasteiger partial charge in [0.2, 0.25) is 0 Å². The summed E-state index contributed by atoms with van der Waals surface area (Å²) in [5.41, 5.74) is 0. The van der Waals surface area contributed by atoms with E-state index in [0.29, 0.717) is 0 Å². The van der Waals surface area contributed by atoms with Gasteiger partial charge in [-0.2, -0.15) is 78.5 Å². The Balaban J connectivity index is 0.000000364. The van der Waals surface area contributed by atoms with Crippen LogP contribution in [0.1, 0.15) is 12.8 Å². The summed E-state index contributed by atoms with van der Waals surface area (Å²) in [5.74, 6) is 0. The molecule has 0 N–H and O–H groups in total. The van der Waals surface area contributed by atoms with Crippen molar-refractivity contribution in [2.24, 2.45) is 0 Å². The molecule has 2 aliphatic heterocycles. The zero-order valence-electron chi connectivity index (χ0n) is 12.9. The van der Waals surface area contributed by atoms with Gasteiger partial charge >= 0.3 is 16.5 Å². The number of hydrogen-bond donors (Lipinski definition) is 0. The molecule has 0 bridgehead atoms. The minimum Gasteiger partial charge on any atom is -0.665 e. The molecule has 0 spiro atoms. The van der Waals surface area contributed by atoms with E-state index < -0.39 is 0 Å². The van der Waals surface area contributed by atoms with Crippen LogP contribution in [0.15, 0.2) is 0 Å². The maximum absolute atomic E-state index is 4.28. The van der Waals surface area contributed by atoms with E-state index in [1.54, 1.807) is 0 Å². The Bertz CT molecular complexity index is 110. The second-order valence-corrected chi connectivity index (χ2v) is 4.73. The van der Waals surface area contributed by atoms with Crippen LogP contribution in [0.3, 0.4) is 0 Å². The molecule has 21 heavy (non-hydrogen) atoms. The zero-order chi connectivity index (χ0) is 14.1. The molecular weight excluding hydrogens is 311 g/mol. The summed E-state index contributed by atoms with van der Waals surface area (Å²) in [6.07, 6.45) is 2.25. The first-order valence-electron chi connectivity index (χ1n) is 7.79. The second kappa shape index (κ2) is 18.3. The van der Waals surface area contributed by atoms with Gasteiger partial charge in [0.05, 0.1) is 0 Å². The molecule has 2 rings (SSSR count). The SMILES string of the molecule is C1C[N-]CC[N-]CC[N-]C1.C1C[N-]CC[N-]CC[N-]C1.[Ni+2]. The van der Waals surface area contributed by atoms with Crippen molar-refractivity contribution < 1.29 is 16.5 Å². The predicted molar refractivity (Wildman–Crippen MR) is 87.8 cm³/mol. The third-order valence-electron chi connectivity index (χ3n) is 2.93. The number of nitrogens with zero attached hydrogens (tertiary/aromatic N) is 6. The van der Waals surface area contributed by atoms with Crippen molar-refractivity contribution >= 4 is 0 Å². The second-order valence-electron chi connectivity index (χ2n) is 4.73. The average Bonchev–Trinajstić information content (AvgIpc) is 2.52. The molecule has 0 amide bonds. The van der Waals surface area contributed by atoms with Crippen molar-refractivity contribution in [3.8, 4) is 0 Å². The molecule has 2 heterocycles. The van der Waals surface area contributed by atoms with E-state index in [4.69, 9.17) is 0 Å². The van der Waals surface area contributed by atoms with Crippen LogP contribution in [0.25, 0.3) is 31.9 Å². The largest absolute Gasteiger partial charge is 2.00 e. The third-order valence-corrected chi connectivity index (χ3v) is 2.93. The molecule has 2 aliphatic rings. The molecule has 128 valence electrons. The molecule has 0 radical (unpaired) electrons. The minimum absolute atomic E-state index is 0. The summed E-state index contributed by atoms with van der Waals surface area (Å²) >= 11 is 0. The quantitative estimate of drug-likeness (QED) is 0.608. The Labute approximate surface area is 140 Å². The first kappa shape index (κ1) is 21.3. The topological polar surface area (TPSA) is 84.6 Å². The van der Waals surface area contributed by atoms with Gasteiger partial charge in [-0.3, -0.25) is 0 Å².